The van der Waals surface area contributed by atoms with E-state index in [4.69, 9.17) is 11.6 Å². The first-order valence-electron chi connectivity index (χ1n) is 6.42. The monoisotopic (exact) mass is 274 g/mol. The van der Waals surface area contributed by atoms with Crippen molar-refractivity contribution in [3.05, 3.63) is 47.1 Å². The van der Waals surface area contributed by atoms with Crippen LogP contribution in [0.25, 0.3) is 11.1 Å². The van der Waals surface area contributed by atoms with Crippen molar-refractivity contribution in [3.63, 3.8) is 0 Å². The summed E-state index contributed by atoms with van der Waals surface area (Å²) in [7, 11) is 3.99. The summed E-state index contributed by atoms with van der Waals surface area (Å²) in [5, 5.41) is 0.766. The van der Waals surface area contributed by atoms with Crippen LogP contribution in [0, 0.1) is 0 Å². The highest BCUT2D eigenvalue weighted by Gasteiger charge is 2.10. The van der Waals surface area contributed by atoms with Gasteiger partial charge < -0.3 is 4.90 Å². The fourth-order valence-electron chi connectivity index (χ4n) is 2.11. The Morgan fingerprint density at radius 1 is 1.11 bits per heavy atom. The molecule has 2 aromatic rings. The molecule has 0 bridgehead atoms. The van der Waals surface area contributed by atoms with Gasteiger partial charge in [0, 0.05) is 25.3 Å². The maximum atomic E-state index is 6.15. The average molecular weight is 275 g/mol. The Kier molecular flexibility index (Phi) is 4.11. The molecule has 2 rings (SSSR count). The zero-order valence-electron chi connectivity index (χ0n) is 11.8. The van der Waals surface area contributed by atoms with Gasteiger partial charge in [0.25, 0.3) is 0 Å². The van der Waals surface area contributed by atoms with Crippen LogP contribution in [0.2, 0.25) is 5.02 Å². The molecule has 0 amide bonds. The van der Waals surface area contributed by atoms with E-state index in [1.165, 1.54) is 11.1 Å². The van der Waals surface area contributed by atoms with Gasteiger partial charge in [-0.3, -0.25) is 0 Å². The Labute approximate surface area is 120 Å². The smallest absolute Gasteiger partial charge is 0.128 e. The fraction of sp³-hybridized carbons (Fsp3) is 0.312. The summed E-state index contributed by atoms with van der Waals surface area (Å²) < 4.78 is 0. The molecule has 0 aliphatic heterocycles. The Bertz CT molecular complexity index is 577. The lowest BCUT2D eigenvalue weighted by Crippen LogP contribution is -2.10. The van der Waals surface area contributed by atoms with Gasteiger partial charge >= 0.3 is 0 Å². The number of hydrogen-bond acceptors (Lipinski definition) is 2. The second-order valence-electron chi connectivity index (χ2n) is 5.18. The van der Waals surface area contributed by atoms with E-state index in [0.717, 1.165) is 16.4 Å². The summed E-state index contributed by atoms with van der Waals surface area (Å²) in [4.78, 5) is 6.36. The van der Waals surface area contributed by atoms with Crippen molar-refractivity contribution >= 4 is 17.4 Å². The van der Waals surface area contributed by atoms with Crippen molar-refractivity contribution in [3.8, 4) is 11.1 Å². The lowest BCUT2D eigenvalue weighted by molar-refractivity contribution is 0.869. The molecular formula is C16H19ClN2. The molecule has 0 spiro atoms. The number of nitrogens with zero attached hydrogens (tertiary/aromatic N) is 2. The molecule has 0 saturated heterocycles. The molecule has 0 radical (unpaired) electrons. The summed E-state index contributed by atoms with van der Waals surface area (Å²) in [6, 6.07) is 10.2. The van der Waals surface area contributed by atoms with E-state index in [9.17, 15) is 0 Å². The van der Waals surface area contributed by atoms with Crippen LogP contribution >= 0.6 is 11.6 Å². The zero-order chi connectivity index (χ0) is 14.0. The molecule has 0 atom stereocenters. The molecule has 0 N–H and O–H groups in total. The number of benzene rings is 1. The van der Waals surface area contributed by atoms with Gasteiger partial charge in [-0.25, -0.2) is 4.98 Å². The Morgan fingerprint density at radius 3 is 2.47 bits per heavy atom. The van der Waals surface area contributed by atoms with E-state index in [-0.39, 0.29) is 0 Å². The number of hydrogen-bond donors (Lipinski definition) is 0. The molecule has 100 valence electrons. The van der Waals surface area contributed by atoms with Gasteiger partial charge in [-0.2, -0.15) is 0 Å². The van der Waals surface area contributed by atoms with E-state index in [0.29, 0.717) is 5.92 Å². The van der Waals surface area contributed by atoms with Crippen molar-refractivity contribution in [1.29, 1.82) is 0 Å². The number of anilines is 1. The highest BCUT2D eigenvalue weighted by molar-refractivity contribution is 6.30. The van der Waals surface area contributed by atoms with E-state index in [1.54, 1.807) is 0 Å². The van der Waals surface area contributed by atoms with Gasteiger partial charge in [-0.05, 0) is 46.9 Å². The molecule has 1 aromatic carbocycles. The topological polar surface area (TPSA) is 16.1 Å². The third-order valence-corrected chi connectivity index (χ3v) is 3.39. The van der Waals surface area contributed by atoms with E-state index < -0.39 is 0 Å². The highest BCUT2D eigenvalue weighted by Crippen LogP contribution is 2.32. The summed E-state index contributed by atoms with van der Waals surface area (Å²) in [6.45, 7) is 4.39. The standard InChI is InChI=1S/C16H19ClN2/c1-11(2)14-6-5-13(17)10-15(14)12-7-8-18-16(9-12)19(3)4/h5-11H,1-4H3. The van der Waals surface area contributed by atoms with E-state index >= 15 is 0 Å². The molecular weight excluding hydrogens is 256 g/mol. The summed E-state index contributed by atoms with van der Waals surface area (Å²) >= 11 is 6.15. The SMILES string of the molecule is CC(C)c1ccc(Cl)cc1-c1ccnc(N(C)C)c1. The Hall–Kier alpha value is -1.54. The molecule has 0 saturated carbocycles. The van der Waals surface area contributed by atoms with Crippen molar-refractivity contribution in [1.82, 2.24) is 4.98 Å². The van der Waals surface area contributed by atoms with Gasteiger partial charge in [0.2, 0.25) is 0 Å². The molecule has 0 aliphatic rings. The van der Waals surface area contributed by atoms with Crippen molar-refractivity contribution < 1.29 is 0 Å². The Balaban J connectivity index is 2.57. The first kappa shape index (κ1) is 13.9. The van der Waals surface area contributed by atoms with Crippen LogP contribution in [-0.4, -0.2) is 19.1 Å². The molecule has 0 fully saturated rings. The highest BCUT2D eigenvalue weighted by atomic mass is 35.5. The number of rotatable bonds is 3. The summed E-state index contributed by atoms with van der Waals surface area (Å²) in [5.41, 5.74) is 3.65. The summed E-state index contributed by atoms with van der Waals surface area (Å²) in [5.74, 6) is 1.41. The molecule has 0 aliphatic carbocycles. The lowest BCUT2D eigenvalue weighted by atomic mass is 9.93. The van der Waals surface area contributed by atoms with Gasteiger partial charge in [0.05, 0.1) is 0 Å². The third kappa shape index (κ3) is 3.07. The molecule has 19 heavy (non-hydrogen) atoms. The zero-order valence-corrected chi connectivity index (χ0v) is 12.6. The van der Waals surface area contributed by atoms with Crippen LogP contribution in [0.5, 0.6) is 0 Å². The number of aromatic nitrogens is 1. The first-order chi connectivity index (χ1) is 8.99. The predicted octanol–water partition coefficient (Wildman–Crippen LogP) is 4.59. The predicted molar refractivity (Wildman–Crippen MR) is 83.1 cm³/mol. The van der Waals surface area contributed by atoms with Crippen LogP contribution in [0.15, 0.2) is 36.5 Å². The average Bonchev–Trinajstić information content (AvgIpc) is 2.38. The molecule has 3 heteroatoms. The second-order valence-corrected chi connectivity index (χ2v) is 5.62. The largest absolute Gasteiger partial charge is 0.363 e. The molecule has 0 unspecified atom stereocenters. The molecule has 2 nitrogen and oxygen atoms in total. The fourth-order valence-corrected chi connectivity index (χ4v) is 2.28. The van der Waals surface area contributed by atoms with Crippen molar-refractivity contribution in [2.45, 2.75) is 19.8 Å². The van der Waals surface area contributed by atoms with E-state index in [2.05, 4.69) is 31.0 Å². The maximum Gasteiger partial charge on any atom is 0.128 e. The second kappa shape index (κ2) is 5.62. The quantitative estimate of drug-likeness (QED) is 0.814. The van der Waals surface area contributed by atoms with Crippen LogP contribution in [0.1, 0.15) is 25.3 Å². The van der Waals surface area contributed by atoms with E-state index in [1.807, 2.05) is 43.4 Å². The molecule has 1 heterocycles. The van der Waals surface area contributed by atoms with Gasteiger partial charge in [0.15, 0.2) is 0 Å². The van der Waals surface area contributed by atoms with Gasteiger partial charge in [-0.1, -0.05) is 31.5 Å². The lowest BCUT2D eigenvalue weighted by Gasteiger charge is -2.16. The van der Waals surface area contributed by atoms with Crippen LogP contribution in [-0.2, 0) is 0 Å². The number of halogens is 1. The summed E-state index contributed by atoms with van der Waals surface area (Å²) in [6.07, 6.45) is 1.84. The van der Waals surface area contributed by atoms with Crippen molar-refractivity contribution in [2.75, 3.05) is 19.0 Å². The third-order valence-electron chi connectivity index (χ3n) is 3.15. The molecule has 1 aromatic heterocycles. The van der Waals surface area contributed by atoms with Crippen LogP contribution in [0.4, 0.5) is 5.82 Å². The van der Waals surface area contributed by atoms with Gasteiger partial charge in [0.1, 0.15) is 5.82 Å². The van der Waals surface area contributed by atoms with Crippen LogP contribution < -0.4 is 4.90 Å². The minimum atomic E-state index is 0.461. The normalized spacial score (nSPS) is 10.8. The number of pyridine rings is 1. The first-order valence-corrected chi connectivity index (χ1v) is 6.80. The maximum absolute atomic E-state index is 6.15. The van der Waals surface area contributed by atoms with Crippen LogP contribution in [0.3, 0.4) is 0 Å². The van der Waals surface area contributed by atoms with Gasteiger partial charge in [-0.15, -0.1) is 0 Å². The van der Waals surface area contributed by atoms with Crippen molar-refractivity contribution in [2.24, 2.45) is 0 Å². The minimum Gasteiger partial charge on any atom is -0.363 e. The minimum absolute atomic E-state index is 0.461. The Morgan fingerprint density at radius 2 is 1.84 bits per heavy atom.